The van der Waals surface area contributed by atoms with Gasteiger partial charge in [-0.1, -0.05) is 18.7 Å². The molecule has 0 aromatic heterocycles. The Morgan fingerprint density at radius 2 is 1.92 bits per heavy atom. The van der Waals surface area contributed by atoms with E-state index in [1.165, 1.54) is 18.2 Å². The maximum absolute atomic E-state index is 12.5. The van der Waals surface area contributed by atoms with E-state index in [0.29, 0.717) is 24.8 Å². The van der Waals surface area contributed by atoms with Gasteiger partial charge in [-0.05, 0) is 44.2 Å². The average Bonchev–Trinajstić information content (AvgIpc) is 2.55. The number of halogens is 3. The third-order valence-corrected chi connectivity index (χ3v) is 4.02. The van der Waals surface area contributed by atoms with Crippen LogP contribution >= 0.6 is 0 Å². The number of carbonyl (C=O) groups is 1. The molecule has 0 radical (unpaired) electrons. The normalized spacial score (nSPS) is 23.2. The molecule has 144 valence electrons. The van der Waals surface area contributed by atoms with E-state index in [1.54, 1.807) is 6.92 Å². The highest BCUT2D eigenvalue weighted by Crippen LogP contribution is 2.35. The molecular formula is C18H21F3O5. The first-order chi connectivity index (χ1) is 12.2. The maximum atomic E-state index is 12.5. The van der Waals surface area contributed by atoms with Gasteiger partial charge >= 0.3 is 12.3 Å². The Labute approximate surface area is 149 Å². The highest BCUT2D eigenvalue weighted by molar-refractivity contribution is 5.86. The molecule has 0 aliphatic heterocycles. The smallest absolute Gasteiger partial charge is 0.484 e. The zero-order valence-corrected chi connectivity index (χ0v) is 14.3. The second-order valence-electron chi connectivity index (χ2n) is 6.28. The molecule has 1 aromatic carbocycles. The minimum Gasteiger partial charge on any atom is -0.484 e. The van der Waals surface area contributed by atoms with Crippen LogP contribution in [0.5, 0.6) is 11.5 Å². The lowest BCUT2D eigenvalue weighted by Crippen LogP contribution is -2.39. The molecule has 1 aliphatic carbocycles. The Bertz CT molecular complexity index is 644. The number of ether oxygens (including phenoxy) is 3. The zero-order valence-electron chi connectivity index (χ0n) is 14.3. The van der Waals surface area contributed by atoms with Crippen molar-refractivity contribution in [1.29, 1.82) is 0 Å². The lowest BCUT2D eigenvalue weighted by atomic mass is 9.85. The van der Waals surface area contributed by atoms with Gasteiger partial charge in [0.15, 0.2) is 11.5 Å². The van der Waals surface area contributed by atoms with Crippen LogP contribution in [-0.2, 0) is 9.53 Å². The predicted octanol–water partition coefficient (Wildman–Crippen LogP) is 3.61. The highest BCUT2D eigenvalue weighted by Gasteiger charge is 2.35. The van der Waals surface area contributed by atoms with Gasteiger partial charge in [0, 0.05) is 5.57 Å². The number of carbonyl (C=O) groups excluding carboxylic acids is 1. The molecule has 0 saturated heterocycles. The van der Waals surface area contributed by atoms with Crippen molar-refractivity contribution in [1.82, 2.24) is 0 Å². The van der Waals surface area contributed by atoms with E-state index in [0.717, 1.165) is 6.07 Å². The van der Waals surface area contributed by atoms with E-state index in [4.69, 9.17) is 9.47 Å². The van der Waals surface area contributed by atoms with Crippen molar-refractivity contribution in [2.24, 2.45) is 5.92 Å². The molecule has 1 fully saturated rings. The fourth-order valence-corrected chi connectivity index (χ4v) is 2.73. The van der Waals surface area contributed by atoms with Gasteiger partial charge in [0.05, 0.1) is 12.7 Å². The van der Waals surface area contributed by atoms with Gasteiger partial charge in [-0.25, -0.2) is 4.79 Å². The van der Waals surface area contributed by atoms with E-state index in [2.05, 4.69) is 11.3 Å². The van der Waals surface area contributed by atoms with Gasteiger partial charge in [0.25, 0.3) is 0 Å². The molecule has 0 heterocycles. The molecule has 1 aromatic rings. The number of alkyl halides is 3. The number of aliphatic hydroxyl groups is 1. The summed E-state index contributed by atoms with van der Waals surface area (Å²) in [6, 6.07) is 5.43. The summed E-state index contributed by atoms with van der Waals surface area (Å²) in [4.78, 5) is 11.4. The van der Waals surface area contributed by atoms with E-state index in [1.807, 2.05) is 0 Å². The van der Waals surface area contributed by atoms with Crippen LogP contribution < -0.4 is 9.47 Å². The first kappa shape index (κ1) is 20.1. The Morgan fingerprint density at radius 1 is 1.27 bits per heavy atom. The molecular weight excluding hydrogens is 353 g/mol. The van der Waals surface area contributed by atoms with Crippen LogP contribution in [0.15, 0.2) is 36.4 Å². The number of para-hydroxylation sites is 2. The van der Waals surface area contributed by atoms with Crippen LogP contribution in [0, 0.1) is 5.92 Å². The Morgan fingerprint density at radius 3 is 2.50 bits per heavy atom. The van der Waals surface area contributed by atoms with Gasteiger partial charge in [-0.3, -0.25) is 0 Å². The fraction of sp³-hybridized carbons (Fsp3) is 0.500. The molecule has 1 saturated carbocycles. The zero-order chi connectivity index (χ0) is 19.3. The first-order valence-corrected chi connectivity index (χ1v) is 8.18. The summed E-state index contributed by atoms with van der Waals surface area (Å²) < 4.78 is 52.0. The molecule has 2 rings (SSSR count). The molecule has 1 N–H and O–H groups in total. The molecule has 0 spiro atoms. The summed E-state index contributed by atoms with van der Waals surface area (Å²) in [6.45, 7) is 5.19. The topological polar surface area (TPSA) is 65.0 Å². The van der Waals surface area contributed by atoms with Crippen molar-refractivity contribution in [3.8, 4) is 11.5 Å². The third kappa shape index (κ3) is 5.94. The van der Waals surface area contributed by atoms with Crippen LogP contribution in [-0.4, -0.2) is 36.3 Å². The van der Waals surface area contributed by atoms with Gasteiger partial charge in [-0.2, -0.15) is 0 Å². The van der Waals surface area contributed by atoms with Crippen molar-refractivity contribution in [2.75, 3.05) is 6.61 Å². The number of esters is 1. The van der Waals surface area contributed by atoms with Crippen molar-refractivity contribution in [3.05, 3.63) is 36.4 Å². The lowest BCUT2D eigenvalue weighted by Gasteiger charge is -2.33. The van der Waals surface area contributed by atoms with Crippen LogP contribution in [0.1, 0.15) is 26.2 Å². The molecule has 3 atom stereocenters. The fourth-order valence-electron chi connectivity index (χ4n) is 2.73. The molecule has 0 bridgehead atoms. The molecule has 3 unspecified atom stereocenters. The van der Waals surface area contributed by atoms with E-state index < -0.39 is 30.3 Å². The highest BCUT2D eigenvalue weighted by atomic mass is 19.4. The second-order valence-corrected chi connectivity index (χ2v) is 6.28. The standard InChI is InChI=1S/C18H21F3O5/c1-11(2)17(23)24-10-12-7-8-14(13(22)9-12)25-15-5-3-4-6-16(15)26-18(19,20)21/h3-6,12-14,22H,1,7-10H2,2H3. The molecule has 8 heteroatoms. The van der Waals surface area contributed by atoms with Crippen molar-refractivity contribution < 1.29 is 37.3 Å². The van der Waals surface area contributed by atoms with Gasteiger partial charge in [0.1, 0.15) is 6.10 Å². The number of aliphatic hydroxyl groups excluding tert-OH is 1. The van der Waals surface area contributed by atoms with E-state index in [-0.39, 0.29) is 18.3 Å². The van der Waals surface area contributed by atoms with E-state index >= 15 is 0 Å². The Balaban J connectivity index is 1.93. The minimum absolute atomic E-state index is 0.0465. The Hall–Kier alpha value is -2.22. The molecule has 5 nitrogen and oxygen atoms in total. The number of benzene rings is 1. The number of hydrogen-bond acceptors (Lipinski definition) is 5. The summed E-state index contributed by atoms with van der Waals surface area (Å²) in [6.07, 6.45) is -5.05. The quantitative estimate of drug-likeness (QED) is 0.609. The minimum atomic E-state index is -4.83. The van der Waals surface area contributed by atoms with E-state index in [9.17, 15) is 23.1 Å². The largest absolute Gasteiger partial charge is 0.573 e. The van der Waals surface area contributed by atoms with Crippen molar-refractivity contribution in [2.45, 2.75) is 44.8 Å². The molecule has 1 aliphatic rings. The molecule has 26 heavy (non-hydrogen) atoms. The van der Waals surface area contributed by atoms with Crippen LogP contribution in [0.3, 0.4) is 0 Å². The van der Waals surface area contributed by atoms with Gasteiger partial charge < -0.3 is 19.3 Å². The Kier molecular flexibility index (Phi) is 6.52. The lowest BCUT2D eigenvalue weighted by molar-refractivity contribution is -0.275. The number of rotatable bonds is 6. The van der Waals surface area contributed by atoms with Crippen LogP contribution in [0.4, 0.5) is 13.2 Å². The van der Waals surface area contributed by atoms with Crippen LogP contribution in [0.25, 0.3) is 0 Å². The number of hydrogen-bond donors (Lipinski definition) is 1. The third-order valence-electron chi connectivity index (χ3n) is 4.02. The average molecular weight is 374 g/mol. The van der Waals surface area contributed by atoms with Crippen LogP contribution in [0.2, 0.25) is 0 Å². The van der Waals surface area contributed by atoms with Gasteiger partial charge in [0.2, 0.25) is 0 Å². The first-order valence-electron chi connectivity index (χ1n) is 8.18. The predicted molar refractivity (Wildman–Crippen MR) is 86.7 cm³/mol. The summed E-state index contributed by atoms with van der Waals surface area (Å²) in [5.74, 6) is -1.07. The maximum Gasteiger partial charge on any atom is 0.573 e. The summed E-state index contributed by atoms with van der Waals surface area (Å²) in [5, 5.41) is 10.3. The van der Waals surface area contributed by atoms with Crippen molar-refractivity contribution in [3.63, 3.8) is 0 Å². The molecule has 0 amide bonds. The van der Waals surface area contributed by atoms with Gasteiger partial charge in [-0.15, -0.1) is 13.2 Å². The summed E-state index contributed by atoms with van der Waals surface area (Å²) >= 11 is 0. The summed E-state index contributed by atoms with van der Waals surface area (Å²) in [7, 11) is 0. The SMILES string of the molecule is C=C(C)C(=O)OCC1CCC(Oc2ccccc2OC(F)(F)F)C(O)C1. The monoisotopic (exact) mass is 374 g/mol. The second kappa shape index (κ2) is 8.44. The van der Waals surface area contributed by atoms with Crippen molar-refractivity contribution >= 4 is 5.97 Å². The summed E-state index contributed by atoms with van der Waals surface area (Å²) in [5.41, 5.74) is 0.295.